The first kappa shape index (κ1) is 12.6. The van der Waals surface area contributed by atoms with Crippen LogP contribution in [0.25, 0.3) is 0 Å². The summed E-state index contributed by atoms with van der Waals surface area (Å²) in [6.45, 7) is 1.94. The Balaban J connectivity index is 2.24. The van der Waals surface area contributed by atoms with Gasteiger partial charge in [0, 0.05) is 11.3 Å². The summed E-state index contributed by atoms with van der Waals surface area (Å²) < 4.78 is 6.27. The lowest BCUT2D eigenvalue weighted by Gasteiger charge is -2.15. The summed E-state index contributed by atoms with van der Waals surface area (Å²) in [7, 11) is 0. The van der Waals surface area contributed by atoms with Crippen LogP contribution in [0.1, 0.15) is 25.3 Å². The first-order valence-corrected chi connectivity index (χ1v) is 6.54. The van der Waals surface area contributed by atoms with E-state index in [0.717, 1.165) is 29.8 Å². The van der Waals surface area contributed by atoms with E-state index in [-0.39, 0.29) is 12.3 Å². The number of rotatable bonds is 5. The molecule has 0 amide bonds. The third-order valence-electron chi connectivity index (χ3n) is 2.82. The van der Waals surface area contributed by atoms with Gasteiger partial charge in [-0.1, -0.05) is 0 Å². The quantitative estimate of drug-likeness (QED) is 0.436. The topological polar surface area (TPSA) is 65.3 Å². The fourth-order valence-corrected chi connectivity index (χ4v) is 2.02. The van der Waals surface area contributed by atoms with Gasteiger partial charge in [-0.15, -0.1) is 0 Å². The summed E-state index contributed by atoms with van der Waals surface area (Å²) >= 11 is 1.95. The molecular weight excluding hydrogens is 331 g/mol. The maximum atomic E-state index is 8.88. The molecule has 0 heterocycles. The van der Waals surface area contributed by atoms with Gasteiger partial charge in [-0.3, -0.25) is 5.41 Å². The molecule has 4 nitrogen and oxygen atoms in total. The summed E-state index contributed by atoms with van der Waals surface area (Å²) in [5.74, 6) is 0.782. The number of aliphatic hydroxyl groups is 1. The van der Waals surface area contributed by atoms with E-state index in [9.17, 15) is 0 Å². The Bertz CT molecular complexity index is 444. The average Bonchev–Trinajstić information content (AvgIpc) is 2.98. The van der Waals surface area contributed by atoms with E-state index in [1.807, 2.05) is 40.8 Å². The third kappa shape index (κ3) is 3.10. The van der Waals surface area contributed by atoms with Crippen LogP contribution in [-0.2, 0) is 0 Å². The highest BCUT2D eigenvalue weighted by molar-refractivity contribution is 14.1. The minimum atomic E-state index is -0.144. The molecule has 0 aliphatic heterocycles. The number of hydrogen-bond donors (Lipinski definition) is 3. The van der Waals surface area contributed by atoms with Crippen molar-refractivity contribution in [2.75, 3.05) is 12.0 Å². The van der Waals surface area contributed by atoms with Gasteiger partial charge in [-0.25, -0.2) is 0 Å². The van der Waals surface area contributed by atoms with E-state index in [1.165, 1.54) is 0 Å². The molecular formula is C12H15IN2O2. The van der Waals surface area contributed by atoms with Gasteiger partial charge in [0.2, 0.25) is 0 Å². The van der Waals surface area contributed by atoms with Crippen molar-refractivity contribution in [1.82, 2.24) is 0 Å². The predicted molar refractivity (Wildman–Crippen MR) is 76.3 cm³/mol. The van der Waals surface area contributed by atoms with E-state index in [1.54, 1.807) is 0 Å². The lowest BCUT2D eigenvalue weighted by atomic mass is 10.2. The Hall–Kier alpha value is -0.820. The Kier molecular flexibility index (Phi) is 3.58. The van der Waals surface area contributed by atoms with Crippen LogP contribution in [0, 0.1) is 5.41 Å². The second kappa shape index (κ2) is 4.81. The van der Waals surface area contributed by atoms with Gasteiger partial charge in [0.25, 0.3) is 0 Å². The van der Waals surface area contributed by atoms with Crippen LogP contribution in [0.5, 0.6) is 5.75 Å². The van der Waals surface area contributed by atoms with Gasteiger partial charge in [0.15, 0.2) is 0 Å². The zero-order valence-electron chi connectivity index (χ0n) is 9.59. The fraction of sp³-hybridized carbons (Fsp3) is 0.417. The highest BCUT2D eigenvalue weighted by Crippen LogP contribution is 2.40. The van der Waals surface area contributed by atoms with Crippen molar-refractivity contribution in [2.24, 2.45) is 0 Å². The SMILES string of the molecule is CC1(Oc2ccc(NCO)c(C(=N)I)c2)CC1. The smallest absolute Gasteiger partial charge is 0.120 e. The van der Waals surface area contributed by atoms with Crippen LogP contribution in [0.2, 0.25) is 0 Å². The fourth-order valence-electron chi connectivity index (χ4n) is 1.57. The summed E-state index contributed by atoms with van der Waals surface area (Å²) in [5, 5.41) is 19.4. The lowest BCUT2D eigenvalue weighted by molar-refractivity contribution is 0.200. The number of aliphatic hydroxyl groups excluding tert-OH is 1. The minimum Gasteiger partial charge on any atom is -0.488 e. The Morgan fingerprint density at radius 3 is 2.82 bits per heavy atom. The van der Waals surface area contributed by atoms with Crippen molar-refractivity contribution < 1.29 is 9.84 Å². The van der Waals surface area contributed by atoms with E-state index in [0.29, 0.717) is 3.72 Å². The summed E-state index contributed by atoms with van der Waals surface area (Å²) in [6.07, 6.45) is 2.17. The van der Waals surface area contributed by atoms with Crippen LogP contribution < -0.4 is 10.1 Å². The highest BCUT2D eigenvalue weighted by Gasteiger charge is 2.40. The number of nitrogens with one attached hydrogen (secondary N) is 2. The Morgan fingerprint density at radius 1 is 1.59 bits per heavy atom. The van der Waals surface area contributed by atoms with Crippen molar-refractivity contribution in [3.8, 4) is 5.75 Å². The Labute approximate surface area is 114 Å². The average molecular weight is 346 g/mol. The van der Waals surface area contributed by atoms with Crippen molar-refractivity contribution in [3.05, 3.63) is 23.8 Å². The molecule has 0 spiro atoms. The molecule has 0 unspecified atom stereocenters. The van der Waals surface area contributed by atoms with Crippen molar-refractivity contribution >= 4 is 32.0 Å². The third-order valence-corrected chi connectivity index (χ3v) is 3.40. The molecule has 3 N–H and O–H groups in total. The first-order valence-electron chi connectivity index (χ1n) is 5.46. The van der Waals surface area contributed by atoms with E-state index in [4.69, 9.17) is 15.3 Å². The maximum Gasteiger partial charge on any atom is 0.120 e. The number of anilines is 1. The van der Waals surface area contributed by atoms with Crippen LogP contribution in [-0.4, -0.2) is 21.2 Å². The molecule has 1 aromatic carbocycles. The molecule has 0 bridgehead atoms. The molecule has 92 valence electrons. The molecule has 5 heteroatoms. The molecule has 1 aliphatic carbocycles. The molecule has 0 radical (unpaired) electrons. The van der Waals surface area contributed by atoms with Crippen LogP contribution in [0.3, 0.4) is 0 Å². The summed E-state index contributed by atoms with van der Waals surface area (Å²) in [5.41, 5.74) is 1.48. The van der Waals surface area contributed by atoms with Gasteiger partial charge < -0.3 is 15.2 Å². The van der Waals surface area contributed by atoms with Crippen molar-refractivity contribution in [1.29, 1.82) is 5.41 Å². The largest absolute Gasteiger partial charge is 0.488 e. The zero-order valence-corrected chi connectivity index (χ0v) is 11.7. The summed E-state index contributed by atoms with van der Waals surface area (Å²) in [4.78, 5) is 0. The van der Waals surface area contributed by atoms with E-state index < -0.39 is 0 Å². The molecule has 1 aromatic rings. The van der Waals surface area contributed by atoms with Crippen LogP contribution >= 0.6 is 22.6 Å². The lowest BCUT2D eigenvalue weighted by Crippen LogP contribution is -2.13. The highest BCUT2D eigenvalue weighted by atomic mass is 127. The first-order chi connectivity index (χ1) is 8.04. The molecule has 0 atom stereocenters. The molecule has 1 fully saturated rings. The monoisotopic (exact) mass is 346 g/mol. The van der Waals surface area contributed by atoms with E-state index >= 15 is 0 Å². The molecule has 2 rings (SSSR count). The van der Waals surface area contributed by atoms with E-state index in [2.05, 4.69) is 12.2 Å². The zero-order chi connectivity index (χ0) is 12.5. The number of benzene rings is 1. The van der Waals surface area contributed by atoms with Gasteiger partial charge in [-0.2, -0.15) is 0 Å². The molecule has 0 saturated heterocycles. The normalized spacial score (nSPS) is 16.4. The van der Waals surface area contributed by atoms with Gasteiger partial charge in [-0.05, 0) is 60.6 Å². The number of hydrogen-bond acceptors (Lipinski definition) is 4. The number of ether oxygens (including phenoxy) is 1. The molecule has 17 heavy (non-hydrogen) atoms. The van der Waals surface area contributed by atoms with Crippen LogP contribution in [0.4, 0.5) is 5.69 Å². The second-order valence-corrected chi connectivity index (χ2v) is 5.49. The standard InChI is InChI=1S/C12H15IN2O2/c1-12(4-5-12)17-8-2-3-10(15-7-16)9(6-8)11(13)14/h2-3,6,14-16H,4-5,7H2,1H3. The van der Waals surface area contributed by atoms with Crippen molar-refractivity contribution in [3.63, 3.8) is 0 Å². The predicted octanol–water partition coefficient (Wildman–Crippen LogP) is 2.74. The van der Waals surface area contributed by atoms with Crippen LogP contribution in [0.15, 0.2) is 18.2 Å². The maximum absolute atomic E-state index is 8.88. The number of halogens is 1. The van der Waals surface area contributed by atoms with Gasteiger partial charge in [0.05, 0.1) is 0 Å². The van der Waals surface area contributed by atoms with Gasteiger partial charge >= 0.3 is 0 Å². The summed E-state index contributed by atoms with van der Waals surface area (Å²) in [6, 6.07) is 5.54. The van der Waals surface area contributed by atoms with Gasteiger partial charge in [0.1, 0.15) is 21.8 Å². The minimum absolute atomic E-state index is 0.0172. The Morgan fingerprint density at radius 2 is 2.29 bits per heavy atom. The molecule has 0 aromatic heterocycles. The van der Waals surface area contributed by atoms with Crippen molar-refractivity contribution in [2.45, 2.75) is 25.4 Å². The molecule has 1 saturated carbocycles. The molecule has 1 aliphatic rings. The second-order valence-electron chi connectivity index (χ2n) is 4.41.